The molecule has 0 unspecified atom stereocenters. The molecule has 6 nitrogen and oxygen atoms in total. The van der Waals surface area contributed by atoms with Gasteiger partial charge in [0.2, 0.25) is 0 Å². The topological polar surface area (TPSA) is 83.8 Å². The Kier molecular flexibility index (Phi) is 4.50. The van der Waals surface area contributed by atoms with Gasteiger partial charge >= 0.3 is 0 Å². The number of nitrogens with one attached hydrogen (secondary N) is 1. The van der Waals surface area contributed by atoms with Gasteiger partial charge in [0.25, 0.3) is 5.91 Å². The molecule has 0 spiro atoms. The van der Waals surface area contributed by atoms with Gasteiger partial charge < -0.3 is 9.84 Å². The van der Waals surface area contributed by atoms with E-state index in [0.717, 1.165) is 5.56 Å². The molecule has 0 fully saturated rings. The van der Waals surface area contributed by atoms with Crippen molar-refractivity contribution < 1.29 is 14.6 Å². The maximum atomic E-state index is 11.8. The summed E-state index contributed by atoms with van der Waals surface area (Å²) in [7, 11) is 1.47. The Morgan fingerprint density at radius 3 is 2.81 bits per heavy atom. The van der Waals surface area contributed by atoms with Crippen LogP contribution in [0, 0.1) is 0 Å². The number of hydrogen-bond donors (Lipinski definition) is 2. The van der Waals surface area contributed by atoms with E-state index in [1.165, 1.54) is 19.4 Å². The summed E-state index contributed by atoms with van der Waals surface area (Å²) in [5, 5.41) is 13.6. The quantitative estimate of drug-likeness (QED) is 0.664. The van der Waals surface area contributed by atoms with Gasteiger partial charge in [-0.25, -0.2) is 5.43 Å². The average molecular weight is 285 g/mol. The van der Waals surface area contributed by atoms with Crippen molar-refractivity contribution in [2.75, 3.05) is 7.11 Å². The third-order valence-electron chi connectivity index (χ3n) is 2.82. The number of nitrogens with zero attached hydrogens (tertiary/aromatic N) is 2. The van der Waals surface area contributed by atoms with E-state index in [-0.39, 0.29) is 17.4 Å². The Balaban J connectivity index is 2.13. The van der Waals surface area contributed by atoms with Gasteiger partial charge in [-0.2, -0.15) is 5.10 Å². The van der Waals surface area contributed by atoms with E-state index < -0.39 is 0 Å². The van der Waals surface area contributed by atoms with Gasteiger partial charge in [0.1, 0.15) is 5.69 Å². The minimum absolute atomic E-state index is 0.0478. The van der Waals surface area contributed by atoms with E-state index in [9.17, 15) is 9.90 Å². The average Bonchev–Trinajstić information content (AvgIpc) is 2.53. The molecular weight excluding hydrogens is 270 g/mol. The fourth-order valence-corrected chi connectivity index (χ4v) is 1.66. The molecule has 0 radical (unpaired) electrons. The number of phenols is 1. The zero-order chi connectivity index (χ0) is 15.2. The first-order chi connectivity index (χ1) is 10.1. The third kappa shape index (κ3) is 3.56. The van der Waals surface area contributed by atoms with Crippen LogP contribution in [0.1, 0.15) is 23.0 Å². The number of methoxy groups -OCH3 is 1. The smallest absolute Gasteiger partial charge is 0.289 e. The third-order valence-corrected chi connectivity index (χ3v) is 2.82. The van der Waals surface area contributed by atoms with Gasteiger partial charge in [0.05, 0.1) is 12.8 Å². The number of carbonyl (C=O) groups is 1. The molecule has 0 saturated heterocycles. The van der Waals surface area contributed by atoms with Crippen molar-refractivity contribution in [2.45, 2.75) is 6.92 Å². The summed E-state index contributed by atoms with van der Waals surface area (Å²) < 4.78 is 5.03. The Labute approximate surface area is 122 Å². The fourth-order valence-electron chi connectivity index (χ4n) is 1.66. The molecule has 0 aliphatic heterocycles. The summed E-state index contributed by atoms with van der Waals surface area (Å²) in [6.45, 7) is 1.74. The van der Waals surface area contributed by atoms with Crippen molar-refractivity contribution in [2.24, 2.45) is 5.10 Å². The molecule has 0 saturated carbocycles. The summed E-state index contributed by atoms with van der Waals surface area (Å²) >= 11 is 0. The summed E-state index contributed by atoms with van der Waals surface area (Å²) in [5.74, 6) is 0.00497. The van der Waals surface area contributed by atoms with Crippen molar-refractivity contribution in [3.63, 3.8) is 0 Å². The summed E-state index contributed by atoms with van der Waals surface area (Å²) in [4.78, 5) is 15.7. The number of carbonyl (C=O) groups excluding carboxylic acids is 1. The first-order valence-electron chi connectivity index (χ1n) is 6.25. The van der Waals surface area contributed by atoms with E-state index in [2.05, 4.69) is 15.5 Å². The standard InChI is InChI=1S/C15H15N3O3/c1-10(11-6-7-13(19)14(9-11)21-2)17-18-15(20)12-5-3-4-8-16-12/h3-9,19H,1-2H3,(H,18,20). The van der Waals surface area contributed by atoms with Crippen LogP contribution in [-0.2, 0) is 0 Å². The lowest BCUT2D eigenvalue weighted by Crippen LogP contribution is -2.20. The van der Waals surface area contributed by atoms with Gasteiger partial charge in [-0.1, -0.05) is 6.07 Å². The highest BCUT2D eigenvalue weighted by molar-refractivity contribution is 6.00. The minimum atomic E-state index is -0.388. The molecule has 0 bridgehead atoms. The Hall–Kier alpha value is -2.89. The van der Waals surface area contributed by atoms with Crippen LogP contribution < -0.4 is 10.2 Å². The Morgan fingerprint density at radius 1 is 1.33 bits per heavy atom. The monoisotopic (exact) mass is 285 g/mol. The molecule has 0 aliphatic rings. The molecule has 1 aromatic carbocycles. The number of rotatable bonds is 4. The van der Waals surface area contributed by atoms with Crippen molar-refractivity contribution in [3.8, 4) is 11.5 Å². The van der Waals surface area contributed by atoms with Gasteiger partial charge in [-0.3, -0.25) is 9.78 Å². The molecule has 2 aromatic rings. The van der Waals surface area contributed by atoms with Crippen LogP contribution in [-0.4, -0.2) is 28.8 Å². The summed E-state index contributed by atoms with van der Waals surface area (Å²) in [6, 6.07) is 9.89. The molecule has 0 aliphatic carbocycles. The first kappa shape index (κ1) is 14.5. The predicted molar refractivity (Wildman–Crippen MR) is 78.6 cm³/mol. The number of phenolic OH excluding ortho intramolecular Hbond substituents is 1. The van der Waals surface area contributed by atoms with E-state index >= 15 is 0 Å². The number of aromatic hydroxyl groups is 1. The largest absolute Gasteiger partial charge is 0.504 e. The van der Waals surface area contributed by atoms with E-state index in [1.54, 1.807) is 37.3 Å². The number of hydrazone groups is 1. The zero-order valence-corrected chi connectivity index (χ0v) is 11.7. The normalized spacial score (nSPS) is 11.0. The summed E-state index contributed by atoms with van der Waals surface area (Å²) in [5.41, 5.74) is 4.03. The van der Waals surface area contributed by atoms with Crippen LogP contribution in [0.3, 0.4) is 0 Å². The molecule has 108 valence electrons. The van der Waals surface area contributed by atoms with Crippen LogP contribution in [0.25, 0.3) is 0 Å². The molecule has 2 N–H and O–H groups in total. The fraction of sp³-hybridized carbons (Fsp3) is 0.133. The molecule has 21 heavy (non-hydrogen) atoms. The molecule has 1 amide bonds. The van der Waals surface area contributed by atoms with Crippen LogP contribution in [0.2, 0.25) is 0 Å². The molecule has 1 aromatic heterocycles. The van der Waals surface area contributed by atoms with Crippen molar-refractivity contribution in [3.05, 3.63) is 53.9 Å². The number of aromatic nitrogens is 1. The summed E-state index contributed by atoms with van der Waals surface area (Å²) in [6.07, 6.45) is 1.54. The minimum Gasteiger partial charge on any atom is -0.504 e. The number of pyridine rings is 1. The second-order valence-corrected chi connectivity index (χ2v) is 4.24. The molecule has 1 heterocycles. The van der Waals surface area contributed by atoms with Crippen LogP contribution in [0.15, 0.2) is 47.7 Å². The number of ether oxygens (including phenoxy) is 1. The maximum absolute atomic E-state index is 11.8. The van der Waals surface area contributed by atoms with Crippen LogP contribution in [0.5, 0.6) is 11.5 Å². The highest BCUT2D eigenvalue weighted by atomic mass is 16.5. The zero-order valence-electron chi connectivity index (χ0n) is 11.7. The van der Waals surface area contributed by atoms with E-state index in [4.69, 9.17) is 4.74 Å². The number of hydrogen-bond acceptors (Lipinski definition) is 5. The van der Waals surface area contributed by atoms with E-state index in [0.29, 0.717) is 11.5 Å². The SMILES string of the molecule is COc1cc(C(C)=NNC(=O)c2ccccn2)ccc1O. The second kappa shape index (κ2) is 6.51. The Morgan fingerprint density at radius 2 is 2.14 bits per heavy atom. The first-order valence-corrected chi connectivity index (χ1v) is 6.25. The van der Waals surface area contributed by atoms with Crippen molar-refractivity contribution in [1.82, 2.24) is 10.4 Å². The van der Waals surface area contributed by atoms with Gasteiger partial charge in [0.15, 0.2) is 11.5 Å². The highest BCUT2D eigenvalue weighted by Gasteiger charge is 2.07. The molecule has 6 heteroatoms. The van der Waals surface area contributed by atoms with Crippen LogP contribution in [0.4, 0.5) is 0 Å². The number of benzene rings is 1. The number of amides is 1. The van der Waals surface area contributed by atoms with Crippen LogP contribution >= 0.6 is 0 Å². The Bertz CT molecular complexity index is 669. The van der Waals surface area contributed by atoms with E-state index in [1.807, 2.05) is 0 Å². The van der Waals surface area contributed by atoms with Gasteiger partial charge in [0, 0.05) is 11.8 Å². The molecule has 2 rings (SSSR count). The lowest BCUT2D eigenvalue weighted by Gasteiger charge is -2.06. The van der Waals surface area contributed by atoms with Crippen molar-refractivity contribution >= 4 is 11.6 Å². The maximum Gasteiger partial charge on any atom is 0.289 e. The van der Waals surface area contributed by atoms with Crippen molar-refractivity contribution in [1.29, 1.82) is 0 Å². The van der Waals surface area contributed by atoms with Gasteiger partial charge in [-0.05, 0) is 37.3 Å². The predicted octanol–water partition coefficient (Wildman–Crippen LogP) is 1.95. The lowest BCUT2D eigenvalue weighted by molar-refractivity contribution is 0.0950. The lowest BCUT2D eigenvalue weighted by atomic mass is 10.1. The molecular formula is C15H15N3O3. The molecule has 0 atom stereocenters. The second-order valence-electron chi connectivity index (χ2n) is 4.24. The highest BCUT2D eigenvalue weighted by Crippen LogP contribution is 2.26. The van der Waals surface area contributed by atoms with Gasteiger partial charge in [-0.15, -0.1) is 0 Å².